The van der Waals surface area contributed by atoms with Gasteiger partial charge in [0.1, 0.15) is 0 Å². The molecule has 7 nitrogen and oxygen atoms in total. The van der Waals surface area contributed by atoms with E-state index in [0.29, 0.717) is 16.1 Å². The average Bonchev–Trinajstić information content (AvgIpc) is 3.21. The zero-order valence-corrected chi connectivity index (χ0v) is 17.4. The van der Waals surface area contributed by atoms with Crippen LogP contribution in [0.4, 0.5) is 13.2 Å². The number of ether oxygens (including phenoxy) is 1. The van der Waals surface area contributed by atoms with Gasteiger partial charge in [0, 0.05) is 17.5 Å². The highest BCUT2D eigenvalue weighted by atomic mass is 35.5. The van der Waals surface area contributed by atoms with Crippen LogP contribution >= 0.6 is 11.6 Å². The van der Waals surface area contributed by atoms with E-state index in [1.54, 1.807) is 24.3 Å². The molecule has 32 heavy (non-hydrogen) atoms. The number of rotatable bonds is 7. The third-order valence-corrected chi connectivity index (χ3v) is 4.57. The SMILES string of the molecule is CC(=O)NC(CC(=O)OCc1nc(-c2ccc(C(F)(F)F)cc2)no1)c1ccc(Cl)cc1. The summed E-state index contributed by atoms with van der Waals surface area (Å²) in [6, 6.07) is 10.3. The van der Waals surface area contributed by atoms with Gasteiger partial charge in [0.05, 0.1) is 18.0 Å². The zero-order valence-electron chi connectivity index (χ0n) is 16.6. The van der Waals surface area contributed by atoms with Gasteiger partial charge in [0.25, 0.3) is 5.89 Å². The van der Waals surface area contributed by atoms with Crippen molar-refractivity contribution in [1.82, 2.24) is 15.5 Å². The first-order valence-corrected chi connectivity index (χ1v) is 9.68. The van der Waals surface area contributed by atoms with Crippen molar-refractivity contribution < 1.29 is 32.0 Å². The van der Waals surface area contributed by atoms with Gasteiger partial charge in [0.2, 0.25) is 11.7 Å². The first-order chi connectivity index (χ1) is 15.1. The van der Waals surface area contributed by atoms with Crippen molar-refractivity contribution in [3.05, 3.63) is 70.6 Å². The molecule has 1 heterocycles. The third kappa shape index (κ3) is 6.30. The molecule has 2 aromatic carbocycles. The molecule has 0 aliphatic rings. The lowest BCUT2D eigenvalue weighted by atomic mass is 10.0. The summed E-state index contributed by atoms with van der Waals surface area (Å²) in [5.41, 5.74) is 0.185. The van der Waals surface area contributed by atoms with Gasteiger partial charge in [-0.2, -0.15) is 18.2 Å². The van der Waals surface area contributed by atoms with Gasteiger partial charge in [0.15, 0.2) is 6.61 Å². The molecule has 1 atom stereocenters. The van der Waals surface area contributed by atoms with Crippen LogP contribution < -0.4 is 5.32 Å². The van der Waals surface area contributed by atoms with Gasteiger partial charge >= 0.3 is 12.1 Å². The Labute approximate surface area is 185 Å². The molecule has 0 aliphatic heterocycles. The number of esters is 1. The van der Waals surface area contributed by atoms with Crippen molar-refractivity contribution in [2.45, 2.75) is 32.2 Å². The highest BCUT2D eigenvalue weighted by Gasteiger charge is 2.30. The van der Waals surface area contributed by atoms with Gasteiger partial charge in [-0.15, -0.1) is 0 Å². The van der Waals surface area contributed by atoms with Gasteiger partial charge in [-0.1, -0.05) is 41.0 Å². The topological polar surface area (TPSA) is 94.3 Å². The first-order valence-electron chi connectivity index (χ1n) is 9.30. The lowest BCUT2D eigenvalue weighted by molar-refractivity contribution is -0.146. The number of amides is 1. The summed E-state index contributed by atoms with van der Waals surface area (Å²) in [6.45, 7) is 0.995. The van der Waals surface area contributed by atoms with Crippen LogP contribution in [0.25, 0.3) is 11.4 Å². The van der Waals surface area contributed by atoms with Crippen molar-refractivity contribution in [1.29, 1.82) is 0 Å². The number of carbonyl (C=O) groups is 2. The molecule has 0 aliphatic carbocycles. The molecule has 1 N–H and O–H groups in total. The van der Waals surface area contributed by atoms with E-state index in [4.69, 9.17) is 20.9 Å². The van der Waals surface area contributed by atoms with Crippen molar-refractivity contribution in [2.24, 2.45) is 0 Å². The Kier molecular flexibility index (Phi) is 7.14. The molecule has 0 saturated heterocycles. The maximum atomic E-state index is 12.7. The summed E-state index contributed by atoms with van der Waals surface area (Å²) in [6.07, 6.45) is -4.60. The van der Waals surface area contributed by atoms with E-state index in [2.05, 4.69) is 15.5 Å². The van der Waals surface area contributed by atoms with Gasteiger partial charge in [-0.05, 0) is 29.8 Å². The average molecular weight is 468 g/mol. The fraction of sp³-hybridized carbons (Fsp3) is 0.238. The van der Waals surface area contributed by atoms with Crippen LogP contribution in [0.15, 0.2) is 53.1 Å². The Balaban J connectivity index is 1.60. The Morgan fingerprint density at radius 3 is 2.38 bits per heavy atom. The van der Waals surface area contributed by atoms with Crippen LogP contribution in [0.2, 0.25) is 5.02 Å². The van der Waals surface area contributed by atoms with Crippen molar-refractivity contribution in [2.75, 3.05) is 0 Å². The largest absolute Gasteiger partial charge is 0.455 e. The number of alkyl halides is 3. The molecule has 3 aromatic rings. The van der Waals surface area contributed by atoms with Crippen LogP contribution in [0.1, 0.15) is 36.4 Å². The molecule has 3 rings (SSSR count). The lowest BCUT2D eigenvalue weighted by Gasteiger charge is -2.17. The molecule has 168 valence electrons. The summed E-state index contributed by atoms with van der Waals surface area (Å²) in [5.74, 6) is -0.929. The van der Waals surface area contributed by atoms with Crippen molar-refractivity contribution >= 4 is 23.5 Å². The van der Waals surface area contributed by atoms with Gasteiger partial charge in [-0.25, -0.2) is 0 Å². The Bertz CT molecular complexity index is 1080. The van der Waals surface area contributed by atoms with Crippen LogP contribution in [0.5, 0.6) is 0 Å². The minimum absolute atomic E-state index is 0.0317. The second-order valence-corrected chi connectivity index (χ2v) is 7.19. The number of carbonyl (C=O) groups excluding carboxylic acids is 2. The Hall–Kier alpha value is -3.40. The summed E-state index contributed by atoms with van der Waals surface area (Å²) >= 11 is 5.87. The smallest absolute Gasteiger partial charge is 0.416 e. The van der Waals surface area contributed by atoms with E-state index < -0.39 is 23.8 Å². The van der Waals surface area contributed by atoms with Crippen molar-refractivity contribution in [3.8, 4) is 11.4 Å². The third-order valence-electron chi connectivity index (χ3n) is 4.32. The minimum Gasteiger partial charge on any atom is -0.455 e. The Morgan fingerprint density at radius 1 is 1.12 bits per heavy atom. The highest BCUT2D eigenvalue weighted by Crippen LogP contribution is 2.30. The monoisotopic (exact) mass is 467 g/mol. The second-order valence-electron chi connectivity index (χ2n) is 6.76. The quantitative estimate of drug-likeness (QED) is 0.505. The van der Waals surface area contributed by atoms with E-state index in [-0.39, 0.29) is 30.7 Å². The lowest BCUT2D eigenvalue weighted by Crippen LogP contribution is -2.28. The molecular formula is C21H17ClF3N3O4. The molecular weight excluding hydrogens is 451 g/mol. The predicted molar refractivity (Wildman–Crippen MR) is 107 cm³/mol. The van der Waals surface area contributed by atoms with Crippen LogP contribution in [-0.4, -0.2) is 22.0 Å². The second kappa shape index (κ2) is 9.82. The number of nitrogens with one attached hydrogen (secondary N) is 1. The fourth-order valence-electron chi connectivity index (χ4n) is 2.80. The molecule has 1 amide bonds. The molecule has 1 aromatic heterocycles. The molecule has 0 bridgehead atoms. The molecule has 0 saturated carbocycles. The summed E-state index contributed by atoms with van der Waals surface area (Å²) in [4.78, 5) is 27.8. The molecule has 1 unspecified atom stereocenters. The number of halogens is 4. The van der Waals surface area contributed by atoms with Crippen LogP contribution in [0, 0.1) is 0 Å². The van der Waals surface area contributed by atoms with E-state index in [9.17, 15) is 22.8 Å². The van der Waals surface area contributed by atoms with E-state index in [0.717, 1.165) is 12.1 Å². The highest BCUT2D eigenvalue weighted by molar-refractivity contribution is 6.30. The standard InChI is InChI=1S/C21H17ClF3N3O4/c1-12(29)26-17(13-4-8-16(22)9-5-13)10-19(30)31-11-18-27-20(28-32-18)14-2-6-15(7-3-14)21(23,24)25/h2-9,17H,10-11H2,1H3,(H,26,29). The zero-order chi connectivity index (χ0) is 23.3. The normalized spacial score (nSPS) is 12.3. The van der Waals surface area contributed by atoms with E-state index in [1.807, 2.05) is 0 Å². The summed E-state index contributed by atoms with van der Waals surface area (Å²) in [5, 5.41) is 6.87. The number of benzene rings is 2. The minimum atomic E-state index is -4.45. The Morgan fingerprint density at radius 2 is 1.78 bits per heavy atom. The van der Waals surface area contributed by atoms with Gasteiger partial charge < -0.3 is 14.6 Å². The number of aromatic nitrogens is 2. The maximum Gasteiger partial charge on any atom is 0.416 e. The molecule has 0 fully saturated rings. The number of hydrogen-bond donors (Lipinski definition) is 1. The van der Waals surface area contributed by atoms with E-state index in [1.165, 1.54) is 19.1 Å². The van der Waals surface area contributed by atoms with Gasteiger partial charge in [-0.3, -0.25) is 9.59 Å². The first kappa shape index (κ1) is 23.3. The molecule has 0 spiro atoms. The maximum absolute atomic E-state index is 12.7. The summed E-state index contributed by atoms with van der Waals surface area (Å²) in [7, 11) is 0. The number of nitrogens with zero attached hydrogens (tertiary/aromatic N) is 2. The fourth-order valence-corrected chi connectivity index (χ4v) is 2.93. The molecule has 11 heteroatoms. The van der Waals surface area contributed by atoms with Crippen molar-refractivity contribution in [3.63, 3.8) is 0 Å². The van der Waals surface area contributed by atoms with Crippen LogP contribution in [0.3, 0.4) is 0 Å². The summed E-state index contributed by atoms with van der Waals surface area (Å²) < 4.78 is 48.1. The predicted octanol–water partition coefficient (Wildman–Crippen LogP) is 4.72. The number of hydrogen-bond acceptors (Lipinski definition) is 6. The molecule has 0 radical (unpaired) electrons. The van der Waals surface area contributed by atoms with E-state index >= 15 is 0 Å². The van der Waals surface area contributed by atoms with Crippen LogP contribution in [-0.2, 0) is 27.1 Å².